The molecule has 0 unspecified atom stereocenters. The number of rotatable bonds is 9. The smallest absolute Gasteiger partial charge is 0.381 e. The highest BCUT2D eigenvalue weighted by atomic mass is 35.5. The zero-order chi connectivity index (χ0) is 25.7. The molecule has 12 heteroatoms. The Bertz CT molecular complexity index is 999. The fourth-order valence-corrected chi connectivity index (χ4v) is 3.21. The Balaban J connectivity index is 2.16. The molecular weight excluding hydrogens is 490 g/mol. The third-order valence-corrected chi connectivity index (χ3v) is 5.44. The van der Waals surface area contributed by atoms with Crippen molar-refractivity contribution in [1.29, 1.82) is 0 Å². The minimum absolute atomic E-state index is 0.0606. The van der Waals surface area contributed by atoms with E-state index in [2.05, 4.69) is 10.6 Å². The van der Waals surface area contributed by atoms with Crippen molar-refractivity contribution in [3.05, 3.63) is 64.2 Å². The normalized spacial score (nSPS) is 14.9. The van der Waals surface area contributed by atoms with Gasteiger partial charge in [0.1, 0.15) is 0 Å². The number of benzene rings is 2. The van der Waals surface area contributed by atoms with Crippen molar-refractivity contribution in [2.45, 2.75) is 43.9 Å². The van der Waals surface area contributed by atoms with Crippen LogP contribution >= 0.6 is 11.6 Å². The Hall–Kier alpha value is -2.50. The molecule has 0 bridgehead atoms. The van der Waals surface area contributed by atoms with Crippen LogP contribution in [-0.4, -0.2) is 36.9 Å². The molecule has 0 saturated carbocycles. The molecule has 2 atom stereocenters. The molecular formula is C22H23ClF6N2O3. The molecule has 188 valence electrons. The van der Waals surface area contributed by atoms with E-state index in [9.17, 15) is 36.2 Å². The summed E-state index contributed by atoms with van der Waals surface area (Å²) in [6, 6.07) is 6.55. The van der Waals surface area contributed by atoms with Crippen LogP contribution in [-0.2, 0) is 27.9 Å². The van der Waals surface area contributed by atoms with E-state index in [0.29, 0.717) is 11.6 Å². The number of alkyl halides is 6. The molecule has 3 N–H and O–H groups in total. The predicted molar refractivity (Wildman–Crippen MR) is 114 cm³/mol. The first-order chi connectivity index (χ1) is 15.7. The minimum atomic E-state index is -5.28. The first kappa shape index (κ1) is 27.7. The average Bonchev–Trinajstić information content (AvgIpc) is 2.75. The Morgan fingerprint density at radius 1 is 1.09 bits per heavy atom. The monoisotopic (exact) mass is 512 g/mol. The summed E-state index contributed by atoms with van der Waals surface area (Å²) in [5.74, 6) is -0.288. The zero-order valence-corrected chi connectivity index (χ0v) is 18.9. The second-order valence-electron chi connectivity index (χ2n) is 7.62. The van der Waals surface area contributed by atoms with Crippen molar-refractivity contribution in [2.24, 2.45) is 0 Å². The van der Waals surface area contributed by atoms with Crippen molar-refractivity contribution in [3.63, 3.8) is 0 Å². The minimum Gasteiger partial charge on any atom is -0.381 e. The van der Waals surface area contributed by atoms with E-state index in [1.54, 1.807) is 6.92 Å². The van der Waals surface area contributed by atoms with Crippen LogP contribution in [0.1, 0.15) is 30.0 Å². The number of halogens is 7. The van der Waals surface area contributed by atoms with Crippen LogP contribution in [0.15, 0.2) is 42.5 Å². The van der Waals surface area contributed by atoms with E-state index in [-0.39, 0.29) is 41.8 Å². The number of carbonyl (C=O) groups excluding carboxylic acids is 1. The summed E-state index contributed by atoms with van der Waals surface area (Å²) >= 11 is 6.15. The second kappa shape index (κ2) is 10.8. The molecule has 0 fully saturated rings. The van der Waals surface area contributed by atoms with Gasteiger partial charge in [0.05, 0.1) is 24.6 Å². The molecule has 0 aliphatic carbocycles. The fraction of sp³-hybridized carbons (Fsp3) is 0.409. The summed E-state index contributed by atoms with van der Waals surface area (Å²) in [5.41, 5.74) is -5.32. The summed E-state index contributed by atoms with van der Waals surface area (Å²) < 4.78 is 85.0. The van der Waals surface area contributed by atoms with Crippen molar-refractivity contribution in [2.75, 3.05) is 19.0 Å². The first-order valence-corrected chi connectivity index (χ1v) is 10.3. The van der Waals surface area contributed by atoms with Gasteiger partial charge in [-0.1, -0.05) is 29.8 Å². The molecule has 2 aromatic carbocycles. The van der Waals surface area contributed by atoms with Gasteiger partial charge >= 0.3 is 12.4 Å². The SMILES string of the molecule is CO[C@@H](C)CC(=O)NCc1ccc(NC[C@@](O)(c2cccc(C(F)(F)F)c2)C(F)(F)F)cc1Cl. The summed E-state index contributed by atoms with van der Waals surface area (Å²) in [7, 11) is 1.47. The highest BCUT2D eigenvalue weighted by Crippen LogP contribution is 2.41. The van der Waals surface area contributed by atoms with Crippen molar-refractivity contribution < 1.29 is 41.0 Å². The van der Waals surface area contributed by atoms with Crippen LogP contribution < -0.4 is 10.6 Å². The van der Waals surface area contributed by atoms with Crippen LogP contribution in [0.5, 0.6) is 0 Å². The quantitative estimate of drug-likeness (QED) is 0.401. The average molecular weight is 513 g/mol. The van der Waals surface area contributed by atoms with Gasteiger partial charge in [-0.25, -0.2) is 0 Å². The van der Waals surface area contributed by atoms with E-state index < -0.39 is 35.6 Å². The number of methoxy groups -OCH3 is 1. The summed E-state index contributed by atoms with van der Waals surface area (Å²) in [6.45, 7) is 0.610. The van der Waals surface area contributed by atoms with Crippen LogP contribution in [0.4, 0.5) is 32.0 Å². The molecule has 0 aliphatic rings. The fourth-order valence-electron chi connectivity index (χ4n) is 2.96. The Morgan fingerprint density at radius 2 is 1.74 bits per heavy atom. The molecule has 0 radical (unpaired) electrons. The summed E-state index contributed by atoms with van der Waals surface area (Å²) in [4.78, 5) is 11.8. The zero-order valence-electron chi connectivity index (χ0n) is 18.1. The van der Waals surface area contributed by atoms with Crippen LogP contribution in [0.2, 0.25) is 5.02 Å². The number of ether oxygens (including phenoxy) is 1. The highest BCUT2D eigenvalue weighted by molar-refractivity contribution is 6.31. The predicted octanol–water partition coefficient (Wildman–Crippen LogP) is 5.26. The molecule has 0 spiro atoms. The van der Waals surface area contributed by atoms with Gasteiger partial charge < -0.3 is 20.5 Å². The number of anilines is 1. The molecule has 0 saturated heterocycles. The van der Waals surface area contributed by atoms with Gasteiger partial charge in [0.15, 0.2) is 0 Å². The van der Waals surface area contributed by atoms with Crippen LogP contribution in [0.3, 0.4) is 0 Å². The third kappa shape index (κ3) is 7.00. The standard InChI is InChI=1S/C22H23ClF6N2O3/c1-13(34-2)8-19(32)30-11-14-6-7-17(10-18(14)23)31-12-20(33,22(27,28)29)15-4-3-5-16(9-15)21(24,25)26/h3-7,9-10,13,31,33H,8,11-12H2,1-2H3,(H,30,32)/t13-,20+/m0/s1. The number of nitrogens with one attached hydrogen (secondary N) is 2. The molecule has 0 aromatic heterocycles. The molecule has 5 nitrogen and oxygen atoms in total. The van der Waals surface area contributed by atoms with Gasteiger partial charge in [-0.3, -0.25) is 4.79 Å². The molecule has 34 heavy (non-hydrogen) atoms. The second-order valence-corrected chi connectivity index (χ2v) is 8.03. The number of amides is 1. The molecule has 0 aliphatic heterocycles. The van der Waals surface area contributed by atoms with E-state index in [4.69, 9.17) is 16.3 Å². The van der Waals surface area contributed by atoms with E-state index in [1.165, 1.54) is 25.3 Å². The van der Waals surface area contributed by atoms with E-state index in [1.807, 2.05) is 0 Å². The summed E-state index contributed by atoms with van der Waals surface area (Å²) in [6.07, 6.45) is -10.3. The number of hydrogen-bond donors (Lipinski definition) is 3. The van der Waals surface area contributed by atoms with Crippen molar-refractivity contribution >= 4 is 23.2 Å². The molecule has 2 rings (SSSR count). The van der Waals surface area contributed by atoms with E-state index >= 15 is 0 Å². The van der Waals surface area contributed by atoms with Gasteiger partial charge in [-0.05, 0) is 42.3 Å². The maximum absolute atomic E-state index is 13.7. The van der Waals surface area contributed by atoms with Crippen molar-refractivity contribution in [3.8, 4) is 0 Å². The number of hydrogen-bond acceptors (Lipinski definition) is 4. The van der Waals surface area contributed by atoms with Crippen LogP contribution in [0, 0.1) is 0 Å². The topological polar surface area (TPSA) is 70.6 Å². The Morgan fingerprint density at radius 3 is 2.29 bits per heavy atom. The van der Waals surface area contributed by atoms with Gasteiger partial charge in [0.2, 0.25) is 11.5 Å². The van der Waals surface area contributed by atoms with Gasteiger partial charge in [0, 0.05) is 24.4 Å². The van der Waals surface area contributed by atoms with E-state index in [0.717, 1.165) is 12.1 Å². The number of aliphatic hydroxyl groups is 1. The van der Waals surface area contributed by atoms with Gasteiger partial charge in [-0.15, -0.1) is 0 Å². The Kier molecular flexibility index (Phi) is 8.84. The summed E-state index contributed by atoms with van der Waals surface area (Å²) in [5, 5.41) is 15.5. The Labute approximate surface area is 197 Å². The lowest BCUT2D eigenvalue weighted by Gasteiger charge is -2.32. The van der Waals surface area contributed by atoms with Crippen LogP contribution in [0.25, 0.3) is 0 Å². The maximum atomic E-state index is 13.7. The van der Waals surface area contributed by atoms with Gasteiger partial charge in [-0.2, -0.15) is 26.3 Å². The molecule has 2 aromatic rings. The third-order valence-electron chi connectivity index (χ3n) is 5.09. The number of carbonyl (C=O) groups is 1. The molecule has 0 heterocycles. The lowest BCUT2D eigenvalue weighted by molar-refractivity contribution is -0.260. The lowest BCUT2D eigenvalue weighted by Crippen LogP contribution is -2.48. The highest BCUT2D eigenvalue weighted by Gasteiger charge is 2.55. The lowest BCUT2D eigenvalue weighted by atomic mass is 9.91. The largest absolute Gasteiger partial charge is 0.423 e. The molecule has 1 amide bonds. The maximum Gasteiger partial charge on any atom is 0.423 e. The van der Waals surface area contributed by atoms with Crippen molar-refractivity contribution in [1.82, 2.24) is 5.32 Å². The first-order valence-electron chi connectivity index (χ1n) is 9.96. The van der Waals surface area contributed by atoms with Gasteiger partial charge in [0.25, 0.3) is 0 Å².